The fourth-order valence-electron chi connectivity index (χ4n) is 2.02. The van der Waals surface area contributed by atoms with E-state index in [1.807, 2.05) is 0 Å². The highest BCUT2D eigenvalue weighted by molar-refractivity contribution is 7.91. The Morgan fingerprint density at radius 3 is 2.73 bits per heavy atom. The Hall–Kier alpha value is -1.52. The normalized spacial score (nSPS) is 11.5. The molecule has 136 valence electrons. The standard InChI is InChI=1S/C15H11Cl2N3O3S3/c16-9-3-4-10(17)12(8-9)26(22,23)7-5-13-19-20-15(25-13)18-14(21)11-2-1-6-24-11/h1-4,6,8H,5,7H2,(H,18,20,21). The van der Waals surface area contributed by atoms with Gasteiger partial charge in [-0.2, -0.15) is 0 Å². The molecule has 3 aromatic rings. The highest BCUT2D eigenvalue weighted by Gasteiger charge is 2.20. The number of nitrogens with one attached hydrogen (secondary N) is 1. The van der Waals surface area contributed by atoms with Gasteiger partial charge in [-0.15, -0.1) is 21.5 Å². The first-order chi connectivity index (χ1) is 12.3. The van der Waals surface area contributed by atoms with Crippen LogP contribution in [0.25, 0.3) is 0 Å². The highest BCUT2D eigenvalue weighted by Crippen LogP contribution is 2.27. The van der Waals surface area contributed by atoms with Gasteiger partial charge in [-0.3, -0.25) is 10.1 Å². The van der Waals surface area contributed by atoms with Gasteiger partial charge in [0.25, 0.3) is 5.91 Å². The summed E-state index contributed by atoms with van der Waals surface area (Å²) in [6.07, 6.45) is 0.151. The number of nitrogens with zero attached hydrogens (tertiary/aromatic N) is 2. The van der Waals surface area contributed by atoms with Gasteiger partial charge >= 0.3 is 0 Å². The second kappa shape index (κ2) is 8.01. The average molecular weight is 448 g/mol. The van der Waals surface area contributed by atoms with Crippen LogP contribution in [0.3, 0.4) is 0 Å². The molecule has 2 heterocycles. The number of benzene rings is 1. The number of carbonyl (C=O) groups is 1. The van der Waals surface area contributed by atoms with E-state index in [4.69, 9.17) is 23.2 Å². The average Bonchev–Trinajstić information content (AvgIpc) is 3.27. The molecule has 0 atom stereocenters. The molecule has 11 heteroatoms. The van der Waals surface area contributed by atoms with Gasteiger partial charge in [0, 0.05) is 11.4 Å². The van der Waals surface area contributed by atoms with E-state index in [-0.39, 0.29) is 28.0 Å². The number of sulfone groups is 1. The molecule has 0 unspecified atom stereocenters. The predicted molar refractivity (Wildman–Crippen MR) is 104 cm³/mol. The summed E-state index contributed by atoms with van der Waals surface area (Å²) in [5, 5.41) is 13.5. The summed E-state index contributed by atoms with van der Waals surface area (Å²) in [7, 11) is -3.62. The first kappa shape index (κ1) is 19.2. The molecule has 1 N–H and O–H groups in total. The topological polar surface area (TPSA) is 89.0 Å². The van der Waals surface area contributed by atoms with Crippen molar-refractivity contribution in [2.75, 3.05) is 11.1 Å². The molecular formula is C15H11Cl2N3O3S3. The molecule has 2 aromatic heterocycles. The first-order valence-electron chi connectivity index (χ1n) is 7.20. The molecule has 0 fully saturated rings. The van der Waals surface area contributed by atoms with Crippen LogP contribution < -0.4 is 5.32 Å². The second-order valence-electron chi connectivity index (χ2n) is 5.08. The van der Waals surface area contributed by atoms with Gasteiger partial charge in [0.2, 0.25) is 5.13 Å². The molecule has 3 rings (SSSR count). The maximum absolute atomic E-state index is 12.5. The van der Waals surface area contributed by atoms with Gasteiger partial charge in [0.1, 0.15) is 5.01 Å². The van der Waals surface area contributed by atoms with Crippen molar-refractivity contribution in [2.45, 2.75) is 11.3 Å². The molecule has 1 aromatic carbocycles. The van der Waals surface area contributed by atoms with Crippen molar-refractivity contribution in [3.8, 4) is 0 Å². The quantitative estimate of drug-likeness (QED) is 0.611. The van der Waals surface area contributed by atoms with E-state index in [1.165, 1.54) is 29.5 Å². The maximum Gasteiger partial charge on any atom is 0.267 e. The Kier molecular flexibility index (Phi) is 5.93. The second-order valence-corrected chi connectivity index (χ2v) is 10.0. The van der Waals surface area contributed by atoms with Crippen molar-refractivity contribution >= 4 is 66.8 Å². The fraction of sp³-hybridized carbons (Fsp3) is 0.133. The molecular weight excluding hydrogens is 437 g/mol. The summed E-state index contributed by atoms with van der Waals surface area (Å²) in [6, 6.07) is 7.77. The number of rotatable bonds is 6. The number of amides is 1. The number of halogens is 2. The van der Waals surface area contributed by atoms with Crippen LogP contribution in [0.4, 0.5) is 5.13 Å². The number of hydrogen-bond donors (Lipinski definition) is 1. The Labute approximate surface area is 167 Å². The van der Waals surface area contributed by atoms with Crippen LogP contribution in [0.2, 0.25) is 10.0 Å². The van der Waals surface area contributed by atoms with Gasteiger partial charge in [-0.05, 0) is 29.6 Å². The van der Waals surface area contributed by atoms with Crippen molar-refractivity contribution < 1.29 is 13.2 Å². The van der Waals surface area contributed by atoms with Crippen molar-refractivity contribution in [2.24, 2.45) is 0 Å². The molecule has 6 nitrogen and oxygen atoms in total. The molecule has 0 saturated heterocycles. The lowest BCUT2D eigenvalue weighted by Gasteiger charge is -2.05. The van der Waals surface area contributed by atoms with E-state index >= 15 is 0 Å². The number of anilines is 1. The largest absolute Gasteiger partial charge is 0.296 e. The molecule has 0 radical (unpaired) electrons. The summed E-state index contributed by atoms with van der Waals surface area (Å²) < 4.78 is 24.9. The third-order valence-corrected chi connectivity index (χ3v) is 7.44. The van der Waals surface area contributed by atoms with Crippen LogP contribution in [0, 0.1) is 0 Å². The Morgan fingerprint density at radius 2 is 2.00 bits per heavy atom. The lowest BCUT2D eigenvalue weighted by molar-refractivity contribution is 0.103. The fourth-order valence-corrected chi connectivity index (χ4v) is 5.56. The Bertz CT molecular complexity index is 1030. The number of thiophene rings is 1. The summed E-state index contributed by atoms with van der Waals surface area (Å²) in [6.45, 7) is 0. The molecule has 26 heavy (non-hydrogen) atoms. The zero-order valence-electron chi connectivity index (χ0n) is 13.0. The van der Waals surface area contributed by atoms with Gasteiger partial charge in [-0.1, -0.05) is 40.6 Å². The molecule has 0 saturated carbocycles. The van der Waals surface area contributed by atoms with Crippen LogP contribution in [-0.2, 0) is 16.3 Å². The van der Waals surface area contributed by atoms with Crippen molar-refractivity contribution in [1.29, 1.82) is 0 Å². The van der Waals surface area contributed by atoms with E-state index in [0.717, 1.165) is 11.3 Å². The number of hydrogen-bond acceptors (Lipinski definition) is 7. The zero-order valence-corrected chi connectivity index (χ0v) is 16.9. The molecule has 0 aliphatic carbocycles. The van der Waals surface area contributed by atoms with E-state index in [0.29, 0.717) is 20.0 Å². The van der Waals surface area contributed by atoms with Gasteiger partial charge in [0.15, 0.2) is 9.84 Å². The maximum atomic E-state index is 12.5. The Balaban J connectivity index is 1.66. The third-order valence-electron chi connectivity index (χ3n) is 3.25. The van der Waals surface area contributed by atoms with E-state index in [1.54, 1.807) is 17.5 Å². The Morgan fingerprint density at radius 1 is 1.19 bits per heavy atom. The van der Waals surface area contributed by atoms with Crippen LogP contribution in [0.1, 0.15) is 14.7 Å². The smallest absolute Gasteiger partial charge is 0.267 e. The summed E-state index contributed by atoms with van der Waals surface area (Å²) in [4.78, 5) is 12.5. The van der Waals surface area contributed by atoms with Crippen molar-refractivity contribution in [3.63, 3.8) is 0 Å². The lowest BCUT2D eigenvalue weighted by atomic mass is 10.4. The van der Waals surface area contributed by atoms with Gasteiger partial charge < -0.3 is 0 Å². The monoisotopic (exact) mass is 447 g/mol. The van der Waals surface area contributed by atoms with Crippen LogP contribution in [0.5, 0.6) is 0 Å². The minimum absolute atomic E-state index is 0.0117. The summed E-state index contributed by atoms with van der Waals surface area (Å²) in [5.74, 6) is -0.471. The molecule has 0 spiro atoms. The molecule has 0 bridgehead atoms. The third kappa shape index (κ3) is 4.60. The minimum atomic E-state index is -3.62. The summed E-state index contributed by atoms with van der Waals surface area (Å²) >= 11 is 14.3. The predicted octanol–water partition coefficient (Wildman–Crippen LogP) is 4.18. The van der Waals surface area contributed by atoms with E-state index in [9.17, 15) is 13.2 Å². The van der Waals surface area contributed by atoms with Crippen LogP contribution >= 0.6 is 45.9 Å². The highest BCUT2D eigenvalue weighted by atomic mass is 35.5. The zero-order chi connectivity index (χ0) is 18.7. The number of aromatic nitrogens is 2. The van der Waals surface area contributed by atoms with Crippen molar-refractivity contribution in [1.82, 2.24) is 10.2 Å². The van der Waals surface area contributed by atoms with Crippen LogP contribution in [-0.4, -0.2) is 30.3 Å². The van der Waals surface area contributed by atoms with Gasteiger partial charge in [-0.25, -0.2) is 8.42 Å². The molecule has 0 aliphatic heterocycles. The number of carbonyl (C=O) groups excluding carboxylic acids is 1. The van der Waals surface area contributed by atoms with E-state index in [2.05, 4.69) is 15.5 Å². The molecule has 0 aliphatic rings. The van der Waals surface area contributed by atoms with Crippen molar-refractivity contribution in [3.05, 3.63) is 55.6 Å². The minimum Gasteiger partial charge on any atom is -0.296 e. The SMILES string of the molecule is O=C(Nc1nnc(CCS(=O)(=O)c2cc(Cl)ccc2Cl)s1)c1cccs1. The van der Waals surface area contributed by atoms with E-state index < -0.39 is 9.84 Å². The molecule has 1 amide bonds. The lowest BCUT2D eigenvalue weighted by Crippen LogP contribution is -2.10. The number of aryl methyl sites for hydroxylation is 1. The summed E-state index contributed by atoms with van der Waals surface area (Å²) in [5.41, 5.74) is 0. The first-order valence-corrected chi connectivity index (χ1v) is 11.3. The van der Waals surface area contributed by atoms with Crippen LogP contribution in [0.15, 0.2) is 40.6 Å². The van der Waals surface area contributed by atoms with Gasteiger partial charge in [0.05, 0.1) is 20.5 Å².